The number of halogens is 1. The van der Waals surface area contributed by atoms with Crippen LogP contribution < -0.4 is 34.7 Å². The fourth-order valence-corrected chi connectivity index (χ4v) is 3.26. The summed E-state index contributed by atoms with van der Waals surface area (Å²) in [6.45, 7) is 5.89. The molecule has 0 saturated heterocycles. The molecule has 1 heterocycles. The van der Waals surface area contributed by atoms with Crippen LogP contribution in [0.25, 0.3) is 0 Å². The molecule has 0 spiro atoms. The van der Waals surface area contributed by atoms with Crippen molar-refractivity contribution in [3.05, 3.63) is 46.2 Å². The molecule has 0 bridgehead atoms. The van der Waals surface area contributed by atoms with E-state index in [4.69, 9.17) is 11.6 Å². The first kappa shape index (κ1) is 23.1. The first-order valence-corrected chi connectivity index (χ1v) is 9.19. The molecule has 0 radical (unpaired) electrons. The zero-order valence-corrected chi connectivity index (χ0v) is 17.9. The van der Waals surface area contributed by atoms with Crippen molar-refractivity contribution in [2.45, 2.75) is 32.2 Å². The zero-order chi connectivity index (χ0) is 17.8. The molecule has 0 aliphatic carbocycles. The monoisotopic (exact) mass is 380 g/mol. The molecule has 0 fully saturated rings. The average molecular weight is 381 g/mol. The largest absolute Gasteiger partial charge is 1.00 e. The Labute approximate surface area is 169 Å². The van der Waals surface area contributed by atoms with Crippen LogP contribution in [0.1, 0.15) is 35.3 Å². The number of aryl methyl sites for hydroxylation is 1. The van der Waals surface area contributed by atoms with Crippen LogP contribution in [-0.2, 0) is 16.4 Å². The van der Waals surface area contributed by atoms with Crippen molar-refractivity contribution in [2.24, 2.45) is 0 Å². The zero-order valence-electron chi connectivity index (χ0n) is 14.3. The molecular formula is C15H18ClN2NaO4S. The number of aromatic nitrogens is 2. The van der Waals surface area contributed by atoms with Crippen LogP contribution in [0.2, 0.25) is 5.02 Å². The Bertz CT molecular complexity index is 819. The first-order valence-electron chi connectivity index (χ1n) is 6.92. The molecule has 0 saturated carbocycles. The van der Waals surface area contributed by atoms with Crippen LogP contribution in [0.4, 0.5) is 0 Å². The fraction of sp³-hybridized carbons (Fsp3) is 0.333. The fourth-order valence-electron chi connectivity index (χ4n) is 1.97. The van der Waals surface area contributed by atoms with Crippen molar-refractivity contribution in [2.75, 3.05) is 6.26 Å². The summed E-state index contributed by atoms with van der Waals surface area (Å²) >= 11 is 6.05. The molecule has 24 heavy (non-hydrogen) atoms. The Hall–Kier alpha value is -0.860. The van der Waals surface area contributed by atoms with E-state index in [0.717, 1.165) is 17.9 Å². The van der Waals surface area contributed by atoms with Crippen LogP contribution in [0.5, 0.6) is 0 Å². The van der Waals surface area contributed by atoms with E-state index in [1.807, 2.05) is 20.8 Å². The summed E-state index contributed by atoms with van der Waals surface area (Å²) in [6, 6.07) is 2.35. The van der Waals surface area contributed by atoms with Crippen molar-refractivity contribution in [1.29, 1.82) is 0 Å². The Morgan fingerprint density at radius 3 is 2.33 bits per heavy atom. The third-order valence-corrected chi connectivity index (χ3v) is 4.52. The van der Waals surface area contributed by atoms with E-state index in [2.05, 4.69) is 5.10 Å². The third-order valence-electron chi connectivity index (χ3n) is 2.90. The molecule has 0 aliphatic rings. The van der Waals surface area contributed by atoms with Gasteiger partial charge in [-0.2, -0.15) is 5.10 Å². The maximum absolute atomic E-state index is 11.8. The minimum Gasteiger partial charge on any atom is -0.545 e. The van der Waals surface area contributed by atoms with Gasteiger partial charge in [0.05, 0.1) is 28.6 Å². The van der Waals surface area contributed by atoms with E-state index in [0.29, 0.717) is 0 Å². The molecule has 9 heteroatoms. The number of hydrogen-bond acceptors (Lipinski definition) is 5. The predicted octanol–water partition coefficient (Wildman–Crippen LogP) is -1.31. The quantitative estimate of drug-likeness (QED) is 0.614. The topological polar surface area (TPSA) is 92.1 Å². The summed E-state index contributed by atoms with van der Waals surface area (Å²) in [5.74, 6) is -1.46. The molecule has 1 aromatic heterocycles. The molecule has 1 aromatic carbocycles. The van der Waals surface area contributed by atoms with Gasteiger partial charge in [0.25, 0.3) is 0 Å². The molecule has 0 aliphatic heterocycles. The minimum absolute atomic E-state index is 0. The van der Waals surface area contributed by atoms with Crippen LogP contribution in [0, 0.1) is 6.92 Å². The number of hydrogen-bond donors (Lipinski definition) is 0. The number of carboxylic acid groups (broad SMARTS) is 1. The Morgan fingerprint density at radius 2 is 1.92 bits per heavy atom. The second-order valence-electron chi connectivity index (χ2n) is 4.68. The number of carbonyl (C=O) groups excluding carboxylic acids is 1. The predicted molar refractivity (Wildman–Crippen MR) is 86.3 cm³/mol. The van der Waals surface area contributed by atoms with Crippen LogP contribution in [-0.4, -0.2) is 30.4 Å². The Balaban J connectivity index is 0.00000170. The number of aromatic carboxylic acids is 1. The van der Waals surface area contributed by atoms with Crippen molar-refractivity contribution in [1.82, 2.24) is 9.78 Å². The van der Waals surface area contributed by atoms with Crippen molar-refractivity contribution >= 4 is 27.4 Å². The molecular weight excluding hydrogens is 363 g/mol. The van der Waals surface area contributed by atoms with E-state index in [1.165, 1.54) is 10.7 Å². The number of sulfone groups is 1. The molecule has 0 amide bonds. The molecule has 0 unspecified atom stereocenters. The van der Waals surface area contributed by atoms with Gasteiger partial charge in [-0.25, -0.2) is 8.42 Å². The van der Waals surface area contributed by atoms with Gasteiger partial charge >= 0.3 is 29.6 Å². The number of nitrogens with zero attached hydrogens (tertiary/aromatic N) is 2. The van der Waals surface area contributed by atoms with Gasteiger partial charge in [-0.05, 0) is 18.6 Å². The van der Waals surface area contributed by atoms with E-state index in [-0.39, 0.29) is 57.1 Å². The van der Waals surface area contributed by atoms with E-state index in [9.17, 15) is 18.3 Å². The van der Waals surface area contributed by atoms with Gasteiger partial charge in [0.15, 0.2) is 9.84 Å². The number of benzene rings is 1. The summed E-state index contributed by atoms with van der Waals surface area (Å²) in [7, 11) is -3.55. The van der Waals surface area contributed by atoms with Crippen molar-refractivity contribution in [3.8, 4) is 0 Å². The normalized spacial score (nSPS) is 10.4. The van der Waals surface area contributed by atoms with Crippen molar-refractivity contribution in [3.63, 3.8) is 0 Å². The van der Waals surface area contributed by atoms with Crippen molar-refractivity contribution < 1.29 is 47.9 Å². The van der Waals surface area contributed by atoms with Gasteiger partial charge in [0.1, 0.15) is 0 Å². The molecule has 126 valence electrons. The SMILES string of the molecule is CC.Cc1cnn(Cc2c(S(C)(=O)=O)ccc(C(=O)[O-])c2Cl)c1.[Na+]. The summed E-state index contributed by atoms with van der Waals surface area (Å²) < 4.78 is 25.2. The van der Waals surface area contributed by atoms with Crippen LogP contribution in [0.3, 0.4) is 0 Å². The molecule has 0 N–H and O–H groups in total. The van der Waals surface area contributed by atoms with Gasteiger partial charge < -0.3 is 9.90 Å². The van der Waals surface area contributed by atoms with E-state index >= 15 is 0 Å². The van der Waals surface area contributed by atoms with Gasteiger partial charge in [0.2, 0.25) is 0 Å². The Kier molecular flexibility index (Phi) is 9.24. The van der Waals surface area contributed by atoms with Gasteiger partial charge in [-0.15, -0.1) is 0 Å². The number of rotatable bonds is 4. The van der Waals surface area contributed by atoms with E-state index in [1.54, 1.807) is 12.4 Å². The molecule has 0 atom stereocenters. The third kappa shape index (κ3) is 5.60. The van der Waals surface area contributed by atoms with Crippen LogP contribution >= 0.6 is 11.6 Å². The first-order chi connectivity index (χ1) is 10.7. The van der Waals surface area contributed by atoms with Gasteiger partial charge in [-0.3, -0.25) is 4.68 Å². The maximum atomic E-state index is 11.8. The van der Waals surface area contributed by atoms with Gasteiger partial charge in [-0.1, -0.05) is 31.5 Å². The smallest absolute Gasteiger partial charge is 0.545 e. The summed E-state index contributed by atoms with van der Waals surface area (Å²) in [6.07, 6.45) is 4.35. The second-order valence-corrected chi connectivity index (χ2v) is 7.04. The number of carbonyl (C=O) groups is 1. The van der Waals surface area contributed by atoms with Crippen LogP contribution in [0.15, 0.2) is 29.4 Å². The maximum Gasteiger partial charge on any atom is 1.00 e. The Morgan fingerprint density at radius 1 is 1.33 bits per heavy atom. The minimum atomic E-state index is -3.55. The number of carboxylic acids is 1. The summed E-state index contributed by atoms with van der Waals surface area (Å²) in [4.78, 5) is 11.0. The van der Waals surface area contributed by atoms with E-state index < -0.39 is 15.8 Å². The average Bonchev–Trinajstić information content (AvgIpc) is 2.87. The second kappa shape index (κ2) is 9.58. The molecule has 6 nitrogen and oxygen atoms in total. The summed E-state index contributed by atoms with van der Waals surface area (Å²) in [5, 5.41) is 14.9. The standard InChI is InChI=1S/C13H13ClN2O4S.C2H6.Na/c1-8-5-15-16(6-8)7-10-11(21(2,19)20)4-3-9(12(10)14)13(17)18;1-2;/h3-6H,7H2,1-2H3,(H,17,18);1-2H3;/q;;+1/p-1. The molecule has 2 aromatic rings. The van der Waals surface area contributed by atoms with Gasteiger partial charge in [0, 0.05) is 23.6 Å². The summed E-state index contributed by atoms with van der Waals surface area (Å²) in [5.41, 5.74) is 0.829. The molecule has 2 rings (SSSR count).